The molecule has 1 aliphatic heterocycles. The number of aromatic nitrogens is 2. The Hall–Kier alpha value is -2.57. The largest absolute Gasteiger partial charge is 0.480 e. The van der Waals surface area contributed by atoms with Gasteiger partial charge in [0.2, 0.25) is 0 Å². The predicted octanol–water partition coefficient (Wildman–Crippen LogP) is 2.52. The quantitative estimate of drug-likeness (QED) is 0.882. The Morgan fingerprint density at radius 1 is 1.08 bits per heavy atom. The van der Waals surface area contributed by atoms with Crippen molar-refractivity contribution in [3.05, 3.63) is 34.2 Å². The van der Waals surface area contributed by atoms with Gasteiger partial charge in [-0.3, -0.25) is 9.36 Å². The van der Waals surface area contributed by atoms with Gasteiger partial charge in [-0.25, -0.2) is 9.59 Å². The smallest absolute Gasteiger partial charge is 0.326 e. The average Bonchev–Trinajstić information content (AvgIpc) is 3.26. The number of rotatable bonds is 3. The van der Waals surface area contributed by atoms with Crippen LogP contribution in [0.25, 0.3) is 11.0 Å². The molecular weight excluding hydrogens is 334 g/mol. The van der Waals surface area contributed by atoms with Gasteiger partial charge in [0.25, 0.3) is 5.91 Å². The molecule has 7 heteroatoms. The number of carbonyl (C=O) groups is 2. The molecule has 7 nitrogen and oxygen atoms in total. The minimum absolute atomic E-state index is 0.141. The van der Waals surface area contributed by atoms with E-state index in [1.807, 2.05) is 0 Å². The zero-order valence-electron chi connectivity index (χ0n) is 14.6. The van der Waals surface area contributed by atoms with Crippen molar-refractivity contribution in [2.75, 3.05) is 6.54 Å². The van der Waals surface area contributed by atoms with Crippen molar-refractivity contribution in [1.29, 1.82) is 0 Å². The van der Waals surface area contributed by atoms with Gasteiger partial charge in [-0.1, -0.05) is 12.8 Å². The number of aromatic amines is 1. The summed E-state index contributed by atoms with van der Waals surface area (Å²) in [7, 11) is 0. The number of piperidine rings is 1. The van der Waals surface area contributed by atoms with Gasteiger partial charge in [0.05, 0.1) is 11.0 Å². The van der Waals surface area contributed by atoms with Crippen LogP contribution >= 0.6 is 0 Å². The molecule has 2 aliphatic rings. The molecule has 0 bridgehead atoms. The summed E-state index contributed by atoms with van der Waals surface area (Å²) in [5, 5.41) is 9.39. The molecule has 26 heavy (non-hydrogen) atoms. The number of benzene rings is 1. The topological polar surface area (TPSA) is 95.4 Å². The SMILES string of the molecule is O=C(O)C1CCCCN1C(=O)c1ccc2c(c1)[nH]c(=O)n2C1CCCC1. The van der Waals surface area contributed by atoms with Crippen molar-refractivity contribution in [3.63, 3.8) is 0 Å². The maximum atomic E-state index is 12.9. The molecule has 2 N–H and O–H groups in total. The summed E-state index contributed by atoms with van der Waals surface area (Å²) in [5.74, 6) is -1.24. The fourth-order valence-electron chi connectivity index (χ4n) is 4.39. The molecule has 0 spiro atoms. The number of carbonyl (C=O) groups excluding carboxylic acids is 1. The molecule has 1 aromatic heterocycles. The molecule has 1 aromatic carbocycles. The number of carboxylic acids is 1. The Kier molecular flexibility index (Phi) is 4.30. The van der Waals surface area contributed by atoms with Crippen LogP contribution in [0.1, 0.15) is 61.3 Å². The molecule has 0 radical (unpaired) electrons. The highest BCUT2D eigenvalue weighted by molar-refractivity contribution is 5.99. The molecule has 2 heterocycles. The molecule has 1 saturated heterocycles. The Labute approximate surface area is 150 Å². The Bertz CT molecular complexity index is 907. The van der Waals surface area contributed by atoms with Gasteiger partial charge < -0.3 is 15.0 Å². The van der Waals surface area contributed by atoms with E-state index < -0.39 is 12.0 Å². The second-order valence-electron chi connectivity index (χ2n) is 7.32. The van der Waals surface area contributed by atoms with E-state index in [9.17, 15) is 19.5 Å². The van der Waals surface area contributed by atoms with E-state index in [1.165, 1.54) is 4.90 Å². The van der Waals surface area contributed by atoms with E-state index >= 15 is 0 Å². The average molecular weight is 357 g/mol. The maximum Gasteiger partial charge on any atom is 0.326 e. The summed E-state index contributed by atoms with van der Waals surface area (Å²) in [6, 6.07) is 4.64. The molecule has 138 valence electrons. The second kappa shape index (κ2) is 6.63. The lowest BCUT2D eigenvalue weighted by Crippen LogP contribution is -2.47. The summed E-state index contributed by atoms with van der Waals surface area (Å²) < 4.78 is 1.80. The molecule has 1 amide bonds. The van der Waals surface area contributed by atoms with Gasteiger partial charge in [0.15, 0.2) is 0 Å². The Morgan fingerprint density at radius 2 is 1.81 bits per heavy atom. The van der Waals surface area contributed by atoms with E-state index in [0.29, 0.717) is 24.0 Å². The fourth-order valence-corrected chi connectivity index (χ4v) is 4.39. The third-order valence-corrected chi connectivity index (χ3v) is 5.70. The first-order valence-electron chi connectivity index (χ1n) is 9.34. The third-order valence-electron chi connectivity index (χ3n) is 5.70. The number of fused-ring (bicyclic) bond motifs is 1. The highest BCUT2D eigenvalue weighted by Crippen LogP contribution is 2.31. The number of nitrogens with one attached hydrogen (secondary N) is 1. The first kappa shape index (κ1) is 16.9. The number of carboxylic acid groups (broad SMARTS) is 1. The summed E-state index contributed by atoms with van der Waals surface area (Å²) in [5.41, 5.74) is 1.73. The lowest BCUT2D eigenvalue weighted by atomic mass is 10.0. The first-order chi connectivity index (χ1) is 12.6. The van der Waals surface area contributed by atoms with Gasteiger partial charge >= 0.3 is 11.7 Å². The highest BCUT2D eigenvalue weighted by Gasteiger charge is 2.32. The number of likely N-dealkylation sites (tertiary alicyclic amines) is 1. The predicted molar refractivity (Wildman–Crippen MR) is 96.4 cm³/mol. The van der Waals surface area contributed by atoms with Crippen molar-refractivity contribution >= 4 is 22.9 Å². The monoisotopic (exact) mass is 357 g/mol. The van der Waals surface area contributed by atoms with Crippen LogP contribution in [-0.2, 0) is 4.79 Å². The highest BCUT2D eigenvalue weighted by atomic mass is 16.4. The van der Waals surface area contributed by atoms with Crippen molar-refractivity contribution < 1.29 is 14.7 Å². The van der Waals surface area contributed by atoms with Gasteiger partial charge in [0.1, 0.15) is 6.04 Å². The molecule has 1 aliphatic carbocycles. The molecular formula is C19H23N3O4. The van der Waals surface area contributed by atoms with Gasteiger partial charge in [0, 0.05) is 18.2 Å². The molecule has 2 aromatic rings. The normalized spacial score (nSPS) is 21.4. The van der Waals surface area contributed by atoms with Crippen LogP contribution in [0.15, 0.2) is 23.0 Å². The number of hydrogen-bond acceptors (Lipinski definition) is 3. The third kappa shape index (κ3) is 2.81. The van der Waals surface area contributed by atoms with E-state index in [4.69, 9.17) is 0 Å². The number of hydrogen-bond donors (Lipinski definition) is 2. The molecule has 1 unspecified atom stereocenters. The van der Waals surface area contributed by atoms with E-state index in [2.05, 4.69) is 4.98 Å². The minimum Gasteiger partial charge on any atom is -0.480 e. The lowest BCUT2D eigenvalue weighted by Gasteiger charge is -2.33. The minimum atomic E-state index is -0.958. The van der Waals surface area contributed by atoms with E-state index in [1.54, 1.807) is 22.8 Å². The van der Waals surface area contributed by atoms with Gasteiger partial charge in [-0.15, -0.1) is 0 Å². The Balaban J connectivity index is 1.68. The number of H-pyrrole nitrogens is 1. The second-order valence-corrected chi connectivity index (χ2v) is 7.32. The summed E-state index contributed by atoms with van der Waals surface area (Å²) in [6.07, 6.45) is 6.38. The first-order valence-corrected chi connectivity index (χ1v) is 9.34. The number of imidazole rings is 1. The zero-order chi connectivity index (χ0) is 18.3. The van der Waals surface area contributed by atoms with Crippen LogP contribution < -0.4 is 5.69 Å². The van der Waals surface area contributed by atoms with Crippen molar-refractivity contribution in [1.82, 2.24) is 14.5 Å². The molecule has 1 saturated carbocycles. The number of aliphatic carboxylic acids is 1. The van der Waals surface area contributed by atoms with Crippen LogP contribution in [0, 0.1) is 0 Å². The van der Waals surface area contributed by atoms with Crippen LogP contribution in [-0.4, -0.2) is 44.0 Å². The van der Waals surface area contributed by atoms with Crippen molar-refractivity contribution in [2.45, 2.75) is 57.0 Å². The van der Waals surface area contributed by atoms with E-state index in [0.717, 1.165) is 44.0 Å². The van der Waals surface area contributed by atoms with Crippen molar-refractivity contribution in [3.8, 4) is 0 Å². The van der Waals surface area contributed by atoms with Gasteiger partial charge in [-0.2, -0.15) is 0 Å². The van der Waals surface area contributed by atoms with Crippen molar-refractivity contribution in [2.24, 2.45) is 0 Å². The van der Waals surface area contributed by atoms with Crippen LogP contribution in [0.3, 0.4) is 0 Å². The summed E-state index contributed by atoms with van der Waals surface area (Å²) in [6.45, 7) is 0.452. The summed E-state index contributed by atoms with van der Waals surface area (Å²) in [4.78, 5) is 41.0. The fraction of sp³-hybridized carbons (Fsp3) is 0.526. The molecule has 1 atom stereocenters. The lowest BCUT2D eigenvalue weighted by molar-refractivity contribution is -0.143. The number of amides is 1. The zero-order valence-corrected chi connectivity index (χ0v) is 14.6. The van der Waals surface area contributed by atoms with Crippen LogP contribution in [0.4, 0.5) is 0 Å². The van der Waals surface area contributed by atoms with E-state index in [-0.39, 0.29) is 17.6 Å². The molecule has 2 fully saturated rings. The summed E-state index contributed by atoms with van der Waals surface area (Å²) >= 11 is 0. The van der Waals surface area contributed by atoms with Crippen LogP contribution in [0.2, 0.25) is 0 Å². The van der Waals surface area contributed by atoms with Gasteiger partial charge in [-0.05, 0) is 50.3 Å². The molecule has 4 rings (SSSR count). The Morgan fingerprint density at radius 3 is 2.54 bits per heavy atom. The number of nitrogens with zero attached hydrogens (tertiary/aromatic N) is 2. The standard InChI is InChI=1S/C19H23N3O4/c23-17(21-10-4-3-7-16(21)18(24)25)12-8-9-15-14(11-12)20-19(26)22(15)13-5-1-2-6-13/h8-9,11,13,16H,1-7,10H2,(H,20,26)(H,24,25). The van der Waals surface area contributed by atoms with Crippen LogP contribution in [0.5, 0.6) is 0 Å². The maximum absolute atomic E-state index is 12.9.